The van der Waals surface area contributed by atoms with Gasteiger partial charge in [0.05, 0.1) is 16.9 Å². The lowest BCUT2D eigenvalue weighted by atomic mass is 10.0. The lowest BCUT2D eigenvalue weighted by Crippen LogP contribution is -2.17. The van der Waals surface area contributed by atoms with E-state index in [0.717, 1.165) is 17.3 Å². The fourth-order valence-corrected chi connectivity index (χ4v) is 3.34. The molecule has 0 unspecified atom stereocenters. The molecule has 6 heteroatoms. The molecule has 1 N–H and O–H groups in total. The van der Waals surface area contributed by atoms with Crippen LogP contribution in [0.2, 0.25) is 0 Å². The first-order chi connectivity index (χ1) is 11.7. The van der Waals surface area contributed by atoms with Gasteiger partial charge in [0.1, 0.15) is 0 Å². The van der Waals surface area contributed by atoms with Crippen molar-refractivity contribution in [2.45, 2.75) is 39.3 Å². The number of rotatable bonds is 3. The van der Waals surface area contributed by atoms with Crippen LogP contribution < -0.4 is 5.32 Å². The van der Waals surface area contributed by atoms with Gasteiger partial charge in [-0.1, -0.05) is 18.2 Å². The standard InChI is InChI=1S/C19H19F3N2O/c1-10-8-11(2)23-12(3)17(10)24-18(25)15-9-14(15)13-6-4-5-7-16(13)19(20,21)22/h4-8,14-15H,9H2,1-3H3,(H,24,25)/t14-,15-/m1/s1. The van der Waals surface area contributed by atoms with Gasteiger partial charge in [0.15, 0.2) is 0 Å². The highest BCUT2D eigenvalue weighted by Gasteiger charge is 2.47. The molecule has 2 aromatic rings. The first kappa shape index (κ1) is 17.5. The van der Waals surface area contributed by atoms with E-state index in [2.05, 4.69) is 10.3 Å². The SMILES string of the molecule is Cc1cc(C)c(NC(=O)[C@@H]2C[C@@H]2c2ccccc2C(F)(F)F)c(C)n1. The molecule has 1 amide bonds. The van der Waals surface area contributed by atoms with Gasteiger partial charge in [-0.25, -0.2) is 0 Å². The van der Waals surface area contributed by atoms with E-state index in [1.165, 1.54) is 12.1 Å². The number of hydrogen-bond acceptors (Lipinski definition) is 2. The molecular weight excluding hydrogens is 329 g/mol. The van der Waals surface area contributed by atoms with E-state index in [1.54, 1.807) is 13.0 Å². The van der Waals surface area contributed by atoms with Crippen LogP contribution in [0.1, 0.15) is 40.4 Å². The Kier molecular flexibility index (Phi) is 4.31. The highest BCUT2D eigenvalue weighted by molar-refractivity contribution is 5.96. The van der Waals surface area contributed by atoms with Crippen molar-refractivity contribution >= 4 is 11.6 Å². The summed E-state index contributed by atoms with van der Waals surface area (Å²) in [6, 6.07) is 7.35. The third kappa shape index (κ3) is 3.52. The van der Waals surface area contributed by atoms with Gasteiger partial charge < -0.3 is 5.32 Å². The van der Waals surface area contributed by atoms with E-state index >= 15 is 0 Å². The summed E-state index contributed by atoms with van der Waals surface area (Å²) >= 11 is 0. The maximum atomic E-state index is 13.1. The van der Waals surface area contributed by atoms with Gasteiger partial charge in [0, 0.05) is 11.6 Å². The van der Waals surface area contributed by atoms with Crippen LogP contribution in [-0.2, 0) is 11.0 Å². The van der Waals surface area contributed by atoms with E-state index in [4.69, 9.17) is 0 Å². The third-order valence-corrected chi connectivity index (χ3v) is 4.57. The maximum Gasteiger partial charge on any atom is 0.416 e. The molecule has 1 heterocycles. The number of anilines is 1. The maximum absolute atomic E-state index is 13.1. The zero-order chi connectivity index (χ0) is 18.4. The zero-order valence-corrected chi connectivity index (χ0v) is 14.2. The lowest BCUT2D eigenvalue weighted by molar-refractivity contribution is -0.138. The Hall–Kier alpha value is -2.37. The predicted octanol–water partition coefficient (Wildman–Crippen LogP) is 4.77. The summed E-state index contributed by atoms with van der Waals surface area (Å²) in [6.07, 6.45) is -3.98. The fraction of sp³-hybridized carbons (Fsp3) is 0.368. The first-order valence-electron chi connectivity index (χ1n) is 8.10. The number of nitrogens with one attached hydrogen (secondary N) is 1. The monoisotopic (exact) mass is 348 g/mol. The number of carbonyl (C=O) groups is 1. The molecule has 0 aliphatic heterocycles. The molecule has 1 saturated carbocycles. The number of benzene rings is 1. The highest BCUT2D eigenvalue weighted by atomic mass is 19.4. The Morgan fingerprint density at radius 2 is 1.88 bits per heavy atom. The molecule has 1 fully saturated rings. The molecule has 3 rings (SSSR count). The van der Waals surface area contributed by atoms with E-state index in [-0.39, 0.29) is 11.5 Å². The lowest BCUT2D eigenvalue weighted by Gasteiger charge is -2.14. The molecule has 25 heavy (non-hydrogen) atoms. The minimum absolute atomic E-state index is 0.200. The molecule has 0 bridgehead atoms. The second-order valence-corrected chi connectivity index (χ2v) is 6.56. The summed E-state index contributed by atoms with van der Waals surface area (Å²) in [6.45, 7) is 5.55. The molecule has 0 saturated heterocycles. The smallest absolute Gasteiger partial charge is 0.324 e. The van der Waals surface area contributed by atoms with E-state index in [0.29, 0.717) is 17.8 Å². The minimum atomic E-state index is -4.41. The summed E-state index contributed by atoms with van der Waals surface area (Å²) in [5, 5.41) is 2.84. The van der Waals surface area contributed by atoms with Crippen LogP contribution in [-0.4, -0.2) is 10.9 Å². The summed E-state index contributed by atoms with van der Waals surface area (Å²) < 4.78 is 39.4. The van der Waals surface area contributed by atoms with Crippen molar-refractivity contribution in [3.63, 3.8) is 0 Å². The van der Waals surface area contributed by atoms with Crippen molar-refractivity contribution in [2.75, 3.05) is 5.32 Å². The Morgan fingerprint density at radius 3 is 2.52 bits per heavy atom. The van der Waals surface area contributed by atoms with Crippen molar-refractivity contribution < 1.29 is 18.0 Å². The van der Waals surface area contributed by atoms with Gasteiger partial charge in [0.2, 0.25) is 5.91 Å². The summed E-state index contributed by atoms with van der Waals surface area (Å²) in [5.74, 6) is -1.08. The van der Waals surface area contributed by atoms with Gasteiger partial charge in [-0.15, -0.1) is 0 Å². The van der Waals surface area contributed by atoms with Crippen LogP contribution in [0.5, 0.6) is 0 Å². The zero-order valence-electron chi connectivity index (χ0n) is 14.2. The van der Waals surface area contributed by atoms with Crippen molar-refractivity contribution in [1.82, 2.24) is 4.98 Å². The van der Waals surface area contributed by atoms with Crippen LogP contribution in [0, 0.1) is 26.7 Å². The first-order valence-corrected chi connectivity index (χ1v) is 8.10. The van der Waals surface area contributed by atoms with Crippen LogP contribution in [0.4, 0.5) is 18.9 Å². The molecule has 1 aromatic heterocycles. The Balaban J connectivity index is 1.78. The van der Waals surface area contributed by atoms with Gasteiger partial charge in [0.25, 0.3) is 0 Å². The van der Waals surface area contributed by atoms with Crippen molar-refractivity contribution in [1.29, 1.82) is 0 Å². The third-order valence-electron chi connectivity index (χ3n) is 4.57. The number of amides is 1. The van der Waals surface area contributed by atoms with E-state index in [1.807, 2.05) is 19.9 Å². The second-order valence-electron chi connectivity index (χ2n) is 6.56. The van der Waals surface area contributed by atoms with Crippen LogP contribution in [0.15, 0.2) is 30.3 Å². The van der Waals surface area contributed by atoms with Gasteiger partial charge in [-0.2, -0.15) is 13.2 Å². The van der Waals surface area contributed by atoms with Gasteiger partial charge in [-0.3, -0.25) is 9.78 Å². The molecule has 132 valence electrons. The average Bonchev–Trinajstić information content (AvgIpc) is 3.30. The minimum Gasteiger partial charge on any atom is -0.324 e. The molecule has 1 aromatic carbocycles. The quantitative estimate of drug-likeness (QED) is 0.868. The molecule has 3 nitrogen and oxygen atoms in total. The topological polar surface area (TPSA) is 42.0 Å². The molecule has 2 atom stereocenters. The predicted molar refractivity (Wildman–Crippen MR) is 89.4 cm³/mol. The molecule has 1 aliphatic carbocycles. The number of aryl methyl sites for hydroxylation is 3. The van der Waals surface area contributed by atoms with Gasteiger partial charge >= 0.3 is 6.18 Å². The fourth-order valence-electron chi connectivity index (χ4n) is 3.34. The Bertz CT molecular complexity index is 807. The van der Waals surface area contributed by atoms with Crippen LogP contribution in [0.25, 0.3) is 0 Å². The number of pyridine rings is 1. The molecular formula is C19H19F3N2O. The van der Waals surface area contributed by atoms with E-state index < -0.39 is 23.6 Å². The number of hydrogen-bond donors (Lipinski definition) is 1. The normalized spacial score (nSPS) is 19.6. The van der Waals surface area contributed by atoms with Gasteiger partial charge in [-0.05, 0) is 56.4 Å². The largest absolute Gasteiger partial charge is 0.416 e. The highest BCUT2D eigenvalue weighted by Crippen LogP contribution is 2.51. The number of alkyl halides is 3. The Labute approximate surface area is 144 Å². The number of carbonyl (C=O) groups excluding carboxylic acids is 1. The number of aromatic nitrogens is 1. The number of halogens is 3. The summed E-state index contributed by atoms with van der Waals surface area (Å²) in [7, 11) is 0. The Morgan fingerprint density at radius 1 is 1.20 bits per heavy atom. The number of nitrogens with zero attached hydrogens (tertiary/aromatic N) is 1. The van der Waals surface area contributed by atoms with Crippen molar-refractivity contribution in [2.24, 2.45) is 5.92 Å². The molecule has 1 aliphatic rings. The summed E-state index contributed by atoms with van der Waals surface area (Å²) in [4.78, 5) is 16.8. The average molecular weight is 348 g/mol. The molecule has 0 radical (unpaired) electrons. The second kappa shape index (κ2) is 6.17. The van der Waals surface area contributed by atoms with Crippen molar-refractivity contribution in [3.8, 4) is 0 Å². The van der Waals surface area contributed by atoms with Crippen LogP contribution >= 0.6 is 0 Å². The molecule has 0 spiro atoms. The summed E-state index contributed by atoms with van der Waals surface area (Å²) in [5.41, 5.74) is 2.65. The van der Waals surface area contributed by atoms with E-state index in [9.17, 15) is 18.0 Å². The van der Waals surface area contributed by atoms with Crippen molar-refractivity contribution in [3.05, 3.63) is 58.4 Å². The van der Waals surface area contributed by atoms with Crippen LogP contribution in [0.3, 0.4) is 0 Å².